The van der Waals surface area contributed by atoms with Crippen LogP contribution in [0.3, 0.4) is 0 Å². The van der Waals surface area contributed by atoms with Crippen LogP contribution >= 0.6 is 0 Å². The molecule has 1 unspecified atom stereocenters. The molecule has 3 fully saturated rings. The smallest absolute Gasteiger partial charge is 0.410 e. The molecule has 446 valence electrons. The van der Waals surface area contributed by atoms with Crippen LogP contribution in [0.2, 0.25) is 0 Å². The minimum atomic E-state index is -3.89. The van der Waals surface area contributed by atoms with Gasteiger partial charge in [-0.15, -0.1) is 0 Å². The topological polar surface area (TPSA) is 276 Å². The number of carbonyl (C=O) groups excluding carboxylic acids is 5. The summed E-state index contributed by atoms with van der Waals surface area (Å²) in [5.74, 6) is -0.134. The summed E-state index contributed by atoms with van der Waals surface area (Å²) in [7, 11) is -2.41. The molecule has 2 aromatic carbocycles. The highest BCUT2D eigenvalue weighted by Crippen LogP contribution is 2.39. The fourth-order valence-corrected chi connectivity index (χ4v) is 12.8. The van der Waals surface area contributed by atoms with Crippen LogP contribution < -0.4 is 30.9 Å². The normalized spacial score (nSPS) is 19.8. The molecule has 9 rings (SSSR count). The second-order valence-electron chi connectivity index (χ2n) is 24.8. The number of ether oxygens (including phenoxy) is 2. The molecule has 22 nitrogen and oxygen atoms in total. The molecule has 1 saturated carbocycles. The van der Waals surface area contributed by atoms with Gasteiger partial charge in [0.2, 0.25) is 17.7 Å². The second kappa shape index (κ2) is 24.8. The Bertz CT molecular complexity index is 3310. The first-order valence-corrected chi connectivity index (χ1v) is 30.6. The standard InChI is InChI=1S/C60H81N13O9S/c1-35-36(2)69-70-52(35)68-53-43-28-49(83(79,80)60(7,8)9)48(29-45(43)63-34-64-53)81-33-38-23-25-72(26-24-38)50-31-61-46(30-62-50)55(75)65-41-27-47(56(76)66-44-22-16-20-39-17-14-15-21-42(39)44)73(32-41)57(77)51(40-18-12-11-13-19-40)67-54(74)37(3)71(10)58(78)82-59(4,5)6/h14-15,17,21,28-31,34,37-38,40-41,44,47,51H,11-13,16,18-20,22-27,32-33H2,1-10H3,(H,65,75)(H,66,76)(H,67,74)(H2,63,64,68,69,70)/t37-,41-,44+,47-,51?/m0/s1. The SMILES string of the molecule is Cc1[nH]nc(Nc2ncnc3cc(OCC4CCN(c5cnc(C(=O)N[C@H]6C[C@@H](C(=O)N[C@@H]7CCCc8ccccc87)N(C(=O)C(NC(=O)[C@H](C)N(C)C(=O)OC(C)(C)C)C7CCCCC7)C6)cn5)CC4)c(S(=O)(=O)C(C)(C)C)cc23)c1C. The molecule has 83 heavy (non-hydrogen) atoms. The molecule has 5 N–H and O–H groups in total. The van der Waals surface area contributed by atoms with E-state index in [4.69, 9.17) is 9.47 Å². The van der Waals surface area contributed by atoms with E-state index in [-0.39, 0.29) is 59.7 Å². The number of anilines is 3. The third kappa shape index (κ3) is 13.7. The van der Waals surface area contributed by atoms with Crippen molar-refractivity contribution in [1.29, 1.82) is 0 Å². The average Bonchev–Trinajstić information content (AvgIpc) is 3.53. The number of nitrogens with one attached hydrogen (secondary N) is 5. The van der Waals surface area contributed by atoms with Gasteiger partial charge in [-0.1, -0.05) is 43.5 Å². The predicted octanol–water partition coefficient (Wildman–Crippen LogP) is 7.58. The quantitative estimate of drug-likeness (QED) is 0.0637. The van der Waals surface area contributed by atoms with Crippen molar-refractivity contribution in [3.8, 4) is 5.75 Å². The molecule has 2 aliphatic heterocycles. The summed E-state index contributed by atoms with van der Waals surface area (Å²) in [6.07, 6.45) is 11.9. The van der Waals surface area contributed by atoms with E-state index in [9.17, 15) is 27.6 Å². The van der Waals surface area contributed by atoms with E-state index in [0.29, 0.717) is 67.1 Å². The van der Waals surface area contributed by atoms with Gasteiger partial charge < -0.3 is 40.5 Å². The highest BCUT2D eigenvalue weighted by Gasteiger charge is 2.46. The summed E-state index contributed by atoms with van der Waals surface area (Å²) >= 11 is 0. The number of fused-ring (bicyclic) bond motifs is 2. The lowest BCUT2D eigenvalue weighted by molar-refractivity contribution is -0.143. The number of amides is 5. The van der Waals surface area contributed by atoms with Crippen molar-refractivity contribution >= 4 is 67.9 Å². The zero-order valence-electron chi connectivity index (χ0n) is 49.5. The fourth-order valence-electron chi connectivity index (χ4n) is 11.5. The van der Waals surface area contributed by atoms with Gasteiger partial charge in [0.15, 0.2) is 15.7 Å². The highest BCUT2D eigenvalue weighted by atomic mass is 32.2. The second-order valence-corrected chi connectivity index (χ2v) is 27.5. The molecule has 5 amide bonds. The molecule has 2 aliphatic carbocycles. The zero-order valence-corrected chi connectivity index (χ0v) is 50.3. The Morgan fingerprint density at radius 2 is 1.60 bits per heavy atom. The van der Waals surface area contributed by atoms with E-state index in [2.05, 4.69) is 62.4 Å². The molecule has 0 bridgehead atoms. The van der Waals surface area contributed by atoms with Crippen molar-refractivity contribution in [2.75, 3.05) is 43.5 Å². The molecule has 2 saturated heterocycles. The first-order chi connectivity index (χ1) is 39.4. The van der Waals surface area contributed by atoms with Gasteiger partial charge in [-0.3, -0.25) is 29.2 Å². The van der Waals surface area contributed by atoms with E-state index in [0.717, 1.165) is 55.3 Å². The lowest BCUT2D eigenvalue weighted by atomic mass is 9.83. The molecule has 5 aromatic rings. The number of likely N-dealkylation sites (tertiary alicyclic amines) is 1. The van der Waals surface area contributed by atoms with Crippen molar-refractivity contribution in [2.45, 2.75) is 178 Å². The maximum Gasteiger partial charge on any atom is 0.410 e. The average molecular weight is 1160 g/mol. The number of H-pyrrole nitrogens is 1. The van der Waals surface area contributed by atoms with Gasteiger partial charge in [0, 0.05) is 55.4 Å². The van der Waals surface area contributed by atoms with Crippen LogP contribution in [0.4, 0.5) is 22.2 Å². The third-order valence-corrected chi connectivity index (χ3v) is 19.3. The molecule has 5 atom stereocenters. The number of hydrogen-bond donors (Lipinski definition) is 5. The molecular weight excluding hydrogens is 1080 g/mol. The van der Waals surface area contributed by atoms with Crippen LogP contribution in [0, 0.1) is 25.7 Å². The molecule has 0 spiro atoms. The summed E-state index contributed by atoms with van der Waals surface area (Å²) in [6.45, 7) is 17.1. The van der Waals surface area contributed by atoms with Gasteiger partial charge in [-0.05, 0) is 143 Å². The summed E-state index contributed by atoms with van der Waals surface area (Å²) in [6, 6.07) is 7.46. The number of aryl methyl sites for hydroxylation is 2. The van der Waals surface area contributed by atoms with Gasteiger partial charge in [-0.25, -0.2) is 33.1 Å². The van der Waals surface area contributed by atoms with Gasteiger partial charge in [0.05, 0.1) is 35.3 Å². The Balaban J connectivity index is 0.863. The van der Waals surface area contributed by atoms with E-state index >= 15 is 4.79 Å². The van der Waals surface area contributed by atoms with E-state index < -0.39 is 68.2 Å². The maximum absolute atomic E-state index is 15.2. The summed E-state index contributed by atoms with van der Waals surface area (Å²) in [5.41, 5.74) is 3.80. The number of aromatic amines is 1. The Kier molecular flexibility index (Phi) is 18.0. The van der Waals surface area contributed by atoms with Crippen molar-refractivity contribution in [3.63, 3.8) is 0 Å². The third-order valence-electron chi connectivity index (χ3n) is 16.8. The Hall–Kier alpha value is -7.43. The Morgan fingerprint density at radius 3 is 2.28 bits per heavy atom. The monoisotopic (exact) mass is 1160 g/mol. The number of aromatic nitrogens is 6. The lowest BCUT2D eigenvalue weighted by Gasteiger charge is -2.36. The van der Waals surface area contributed by atoms with E-state index in [1.807, 2.05) is 32.0 Å². The minimum Gasteiger partial charge on any atom is -0.492 e. The fraction of sp³-hybridized carbons (Fsp3) is 0.567. The number of carbonyl (C=O) groups is 5. The Labute approximate surface area is 486 Å². The molecule has 0 radical (unpaired) electrons. The first kappa shape index (κ1) is 60.2. The molecule has 5 heterocycles. The number of benzene rings is 2. The number of likely N-dealkylation sites (N-methyl/N-ethyl adjacent to an activating group) is 1. The molecular formula is C60H81N13O9S. The summed E-state index contributed by atoms with van der Waals surface area (Å²) in [5, 5.41) is 20.4. The van der Waals surface area contributed by atoms with Crippen molar-refractivity contribution in [3.05, 3.63) is 83.2 Å². The maximum atomic E-state index is 15.2. The van der Waals surface area contributed by atoms with E-state index in [1.165, 1.54) is 34.9 Å². The van der Waals surface area contributed by atoms with Gasteiger partial charge in [0.1, 0.15) is 58.0 Å². The number of nitrogens with zero attached hydrogens (tertiary/aromatic N) is 8. The van der Waals surface area contributed by atoms with Gasteiger partial charge >= 0.3 is 6.09 Å². The Morgan fingerprint density at radius 1 is 0.867 bits per heavy atom. The van der Waals surface area contributed by atoms with Crippen molar-refractivity contribution in [1.82, 2.24) is 55.9 Å². The number of rotatable bonds is 16. The molecule has 4 aliphatic rings. The van der Waals surface area contributed by atoms with Crippen molar-refractivity contribution < 1.29 is 41.9 Å². The summed E-state index contributed by atoms with van der Waals surface area (Å²) in [4.78, 5) is 93.9. The van der Waals surface area contributed by atoms with Crippen LogP contribution in [0.25, 0.3) is 10.9 Å². The van der Waals surface area contributed by atoms with Crippen molar-refractivity contribution in [2.24, 2.45) is 11.8 Å². The minimum absolute atomic E-state index is 0.00793. The molecule has 3 aromatic heterocycles. The zero-order chi connectivity index (χ0) is 59.5. The van der Waals surface area contributed by atoms with Crippen LogP contribution in [0.5, 0.6) is 5.75 Å². The summed E-state index contributed by atoms with van der Waals surface area (Å²) < 4.78 is 39.1. The predicted molar refractivity (Wildman–Crippen MR) is 314 cm³/mol. The van der Waals surface area contributed by atoms with Crippen LogP contribution in [0.15, 0.2) is 60.0 Å². The highest BCUT2D eigenvalue weighted by molar-refractivity contribution is 7.92. The molecule has 23 heteroatoms. The van der Waals surface area contributed by atoms with Crippen LogP contribution in [-0.2, 0) is 35.4 Å². The first-order valence-electron chi connectivity index (χ1n) is 29.1. The lowest BCUT2D eigenvalue weighted by Crippen LogP contribution is -2.59. The van der Waals surface area contributed by atoms with Crippen LogP contribution in [-0.4, -0.2) is 146 Å². The van der Waals surface area contributed by atoms with Crippen LogP contribution in [0.1, 0.15) is 152 Å². The number of sulfone groups is 1. The van der Waals surface area contributed by atoms with Gasteiger partial charge in [-0.2, -0.15) is 5.10 Å². The number of hydrogen-bond acceptors (Lipinski definition) is 16. The van der Waals surface area contributed by atoms with E-state index in [1.54, 1.807) is 66.8 Å². The van der Waals surface area contributed by atoms with Gasteiger partial charge in [0.25, 0.3) is 5.91 Å². The largest absolute Gasteiger partial charge is 0.492 e. The number of piperidine rings is 1.